The van der Waals surface area contributed by atoms with Gasteiger partial charge in [0.05, 0.1) is 0 Å². The molecule has 0 atom stereocenters. The number of benzene rings is 2. The summed E-state index contributed by atoms with van der Waals surface area (Å²) >= 11 is 0. The van der Waals surface area contributed by atoms with Gasteiger partial charge < -0.3 is 5.11 Å². The van der Waals surface area contributed by atoms with Crippen molar-refractivity contribution >= 4 is 0 Å². The molecule has 26 heavy (non-hydrogen) atoms. The van der Waals surface area contributed by atoms with E-state index in [0.29, 0.717) is 5.75 Å². The minimum atomic E-state index is -0.201. The van der Waals surface area contributed by atoms with E-state index >= 15 is 0 Å². The molecule has 0 radical (unpaired) electrons. The van der Waals surface area contributed by atoms with Gasteiger partial charge >= 0.3 is 0 Å². The molecule has 0 spiro atoms. The number of aromatic hydroxyl groups is 1. The van der Waals surface area contributed by atoms with E-state index in [-0.39, 0.29) is 5.41 Å². The van der Waals surface area contributed by atoms with Gasteiger partial charge in [-0.05, 0) is 48.4 Å². The molecule has 142 valence electrons. The van der Waals surface area contributed by atoms with E-state index < -0.39 is 0 Å². The van der Waals surface area contributed by atoms with Gasteiger partial charge in [-0.25, -0.2) is 0 Å². The van der Waals surface area contributed by atoms with Gasteiger partial charge in [0.15, 0.2) is 0 Å². The molecule has 2 rings (SSSR count). The zero-order valence-corrected chi connectivity index (χ0v) is 17.1. The standard InChI is InChI=1S/C25H36O/c1-5-7-9-13-17-22-20(14-8-6-2)18-19-23(26)24(22)25(3,4)21-15-11-10-12-16-21/h10-12,15-16,18-19,26H,5-9,13-14,17H2,1-4H3. The average Bonchev–Trinajstić information content (AvgIpc) is 2.65. The van der Waals surface area contributed by atoms with Gasteiger partial charge in [-0.2, -0.15) is 0 Å². The maximum atomic E-state index is 10.8. The molecule has 1 heteroatoms. The second kappa shape index (κ2) is 9.80. The smallest absolute Gasteiger partial charge is 0.119 e. The Hall–Kier alpha value is -1.76. The largest absolute Gasteiger partial charge is 0.508 e. The molecule has 0 aromatic heterocycles. The molecule has 0 saturated heterocycles. The van der Waals surface area contributed by atoms with Crippen LogP contribution in [0.4, 0.5) is 0 Å². The maximum Gasteiger partial charge on any atom is 0.119 e. The molecule has 1 N–H and O–H groups in total. The van der Waals surface area contributed by atoms with Crippen molar-refractivity contribution in [3.63, 3.8) is 0 Å². The predicted octanol–water partition coefficient (Wildman–Crippen LogP) is 7.18. The summed E-state index contributed by atoms with van der Waals surface area (Å²) in [4.78, 5) is 0. The fourth-order valence-corrected chi connectivity index (χ4v) is 3.99. The molecule has 0 unspecified atom stereocenters. The van der Waals surface area contributed by atoms with E-state index in [2.05, 4.69) is 64.1 Å². The monoisotopic (exact) mass is 352 g/mol. The molecule has 0 bridgehead atoms. The Kier molecular flexibility index (Phi) is 7.75. The van der Waals surface area contributed by atoms with Crippen LogP contribution < -0.4 is 0 Å². The summed E-state index contributed by atoms with van der Waals surface area (Å²) in [6, 6.07) is 14.7. The third-order valence-electron chi connectivity index (χ3n) is 5.59. The fourth-order valence-electron chi connectivity index (χ4n) is 3.99. The molecule has 0 amide bonds. The third-order valence-corrected chi connectivity index (χ3v) is 5.59. The lowest BCUT2D eigenvalue weighted by molar-refractivity contribution is 0.449. The van der Waals surface area contributed by atoms with Crippen LogP contribution in [0, 0.1) is 0 Å². The van der Waals surface area contributed by atoms with Crippen LogP contribution >= 0.6 is 0 Å². The minimum Gasteiger partial charge on any atom is -0.508 e. The van der Waals surface area contributed by atoms with Gasteiger partial charge in [-0.15, -0.1) is 0 Å². The highest BCUT2D eigenvalue weighted by Crippen LogP contribution is 2.41. The second-order valence-electron chi connectivity index (χ2n) is 8.00. The van der Waals surface area contributed by atoms with E-state index in [9.17, 15) is 5.11 Å². The van der Waals surface area contributed by atoms with Gasteiger partial charge in [0.2, 0.25) is 0 Å². The number of aryl methyl sites for hydroxylation is 1. The van der Waals surface area contributed by atoms with Crippen molar-refractivity contribution in [2.45, 2.75) is 84.5 Å². The van der Waals surface area contributed by atoms with E-state index in [0.717, 1.165) is 18.4 Å². The summed E-state index contributed by atoms with van der Waals surface area (Å²) in [5.74, 6) is 0.449. The zero-order valence-electron chi connectivity index (χ0n) is 17.1. The van der Waals surface area contributed by atoms with E-state index in [4.69, 9.17) is 0 Å². The van der Waals surface area contributed by atoms with Gasteiger partial charge in [0.1, 0.15) is 5.75 Å². The Labute approximate surface area is 160 Å². The van der Waals surface area contributed by atoms with Gasteiger partial charge in [0.25, 0.3) is 0 Å². The van der Waals surface area contributed by atoms with Crippen molar-refractivity contribution in [1.29, 1.82) is 0 Å². The summed E-state index contributed by atoms with van der Waals surface area (Å²) in [5, 5.41) is 10.8. The highest BCUT2D eigenvalue weighted by Gasteiger charge is 2.29. The van der Waals surface area contributed by atoms with Crippen molar-refractivity contribution in [2.24, 2.45) is 0 Å². The van der Waals surface area contributed by atoms with E-state index in [1.54, 1.807) is 0 Å². The zero-order chi connectivity index (χ0) is 19.0. The first-order chi connectivity index (χ1) is 12.5. The Morgan fingerprint density at radius 2 is 1.46 bits per heavy atom. The third kappa shape index (κ3) is 4.90. The minimum absolute atomic E-state index is 0.201. The fraction of sp³-hybridized carbons (Fsp3) is 0.520. The Morgan fingerprint density at radius 3 is 2.12 bits per heavy atom. The first-order valence-electron chi connectivity index (χ1n) is 10.4. The van der Waals surface area contributed by atoms with Crippen molar-refractivity contribution < 1.29 is 5.11 Å². The molecule has 2 aromatic rings. The van der Waals surface area contributed by atoms with E-state index in [1.165, 1.54) is 55.2 Å². The number of rotatable bonds is 10. The molecule has 0 aliphatic rings. The number of phenols is 1. The molecule has 0 saturated carbocycles. The van der Waals surface area contributed by atoms with Gasteiger partial charge in [0, 0.05) is 11.0 Å². The number of hydrogen-bond donors (Lipinski definition) is 1. The average molecular weight is 353 g/mol. The van der Waals surface area contributed by atoms with Crippen molar-refractivity contribution in [1.82, 2.24) is 0 Å². The van der Waals surface area contributed by atoms with E-state index in [1.807, 2.05) is 6.07 Å². The Bertz CT molecular complexity index is 670. The van der Waals surface area contributed by atoms with Crippen LogP contribution in [0.1, 0.15) is 88.5 Å². The van der Waals surface area contributed by atoms with Gasteiger partial charge in [-0.1, -0.05) is 89.8 Å². The molecule has 2 aromatic carbocycles. The Morgan fingerprint density at radius 1 is 0.769 bits per heavy atom. The van der Waals surface area contributed by atoms with Crippen molar-refractivity contribution in [3.8, 4) is 5.75 Å². The molecule has 0 heterocycles. The van der Waals surface area contributed by atoms with Crippen LogP contribution in [0.5, 0.6) is 5.75 Å². The molecule has 0 aliphatic carbocycles. The molecular weight excluding hydrogens is 316 g/mol. The number of hydrogen-bond acceptors (Lipinski definition) is 1. The number of unbranched alkanes of at least 4 members (excludes halogenated alkanes) is 4. The summed E-state index contributed by atoms with van der Waals surface area (Å²) in [7, 11) is 0. The molecule has 0 fully saturated rings. The van der Waals surface area contributed by atoms with Crippen molar-refractivity contribution in [3.05, 3.63) is 64.7 Å². The maximum absolute atomic E-state index is 10.8. The summed E-state index contributed by atoms with van der Waals surface area (Å²) in [6.07, 6.45) is 9.60. The second-order valence-corrected chi connectivity index (χ2v) is 8.00. The van der Waals surface area contributed by atoms with Crippen LogP contribution in [-0.2, 0) is 18.3 Å². The predicted molar refractivity (Wildman–Crippen MR) is 113 cm³/mol. The molecule has 1 nitrogen and oxygen atoms in total. The highest BCUT2D eigenvalue weighted by molar-refractivity contribution is 5.53. The first-order valence-corrected chi connectivity index (χ1v) is 10.4. The SMILES string of the molecule is CCCCCCc1c(CCCC)ccc(O)c1C(C)(C)c1ccccc1. The van der Waals surface area contributed by atoms with Crippen LogP contribution in [0.15, 0.2) is 42.5 Å². The topological polar surface area (TPSA) is 20.2 Å². The van der Waals surface area contributed by atoms with Gasteiger partial charge in [-0.3, -0.25) is 0 Å². The lowest BCUT2D eigenvalue weighted by atomic mass is 9.73. The quantitative estimate of drug-likeness (QED) is 0.449. The lowest BCUT2D eigenvalue weighted by Gasteiger charge is -2.31. The van der Waals surface area contributed by atoms with Crippen LogP contribution in [0.3, 0.4) is 0 Å². The Balaban J connectivity index is 2.47. The normalized spacial score (nSPS) is 11.7. The summed E-state index contributed by atoms with van der Waals surface area (Å²) in [6.45, 7) is 8.99. The van der Waals surface area contributed by atoms with Crippen LogP contribution in [-0.4, -0.2) is 5.11 Å². The van der Waals surface area contributed by atoms with Crippen LogP contribution in [0.25, 0.3) is 0 Å². The lowest BCUT2D eigenvalue weighted by Crippen LogP contribution is -2.22. The first kappa shape index (κ1) is 20.6. The summed E-state index contributed by atoms with van der Waals surface area (Å²) in [5.41, 5.74) is 5.02. The van der Waals surface area contributed by atoms with Crippen LogP contribution in [0.2, 0.25) is 0 Å². The molecule has 0 aliphatic heterocycles. The van der Waals surface area contributed by atoms with Crippen molar-refractivity contribution in [2.75, 3.05) is 0 Å². The molecular formula is C25H36O. The highest BCUT2D eigenvalue weighted by atomic mass is 16.3. The summed E-state index contributed by atoms with van der Waals surface area (Å²) < 4.78 is 0. The number of phenolic OH excluding ortho intramolecular Hbond substituents is 1.